The van der Waals surface area contributed by atoms with Gasteiger partial charge < -0.3 is 19.3 Å². The van der Waals surface area contributed by atoms with Gasteiger partial charge in [0.2, 0.25) is 5.91 Å². The molecule has 1 aromatic rings. The van der Waals surface area contributed by atoms with Crippen LogP contribution in [0.4, 0.5) is 5.69 Å². The van der Waals surface area contributed by atoms with Crippen molar-refractivity contribution in [1.29, 1.82) is 0 Å². The number of hydrogen-bond acceptors (Lipinski definition) is 5. The summed E-state index contributed by atoms with van der Waals surface area (Å²) in [5.74, 6) is 0.836. The molecule has 0 unspecified atom stereocenters. The van der Waals surface area contributed by atoms with Crippen LogP contribution in [0.1, 0.15) is 6.92 Å². The molecule has 7 heteroatoms. The average molecular weight is 347 g/mol. The van der Waals surface area contributed by atoms with Crippen molar-refractivity contribution >= 4 is 17.5 Å². The van der Waals surface area contributed by atoms with Crippen LogP contribution in [0.15, 0.2) is 24.3 Å². The highest BCUT2D eigenvalue weighted by molar-refractivity contribution is 5.96. The molecule has 0 spiro atoms. The number of carbonyl (C=O) groups excluding carboxylic acids is 2. The molecular formula is C18H25N3O4. The SMILES string of the molecule is CO[C@@H](C)C(=O)N1CCN(CC(=O)N2CCOc3ccccc32)CC1. The zero-order valence-electron chi connectivity index (χ0n) is 14.8. The molecule has 2 amide bonds. The van der Waals surface area contributed by atoms with Gasteiger partial charge in [0.25, 0.3) is 5.91 Å². The van der Waals surface area contributed by atoms with E-state index in [4.69, 9.17) is 9.47 Å². The number of ether oxygens (including phenoxy) is 2. The van der Waals surface area contributed by atoms with Crippen LogP contribution in [-0.2, 0) is 14.3 Å². The Morgan fingerprint density at radius 1 is 1.16 bits per heavy atom. The van der Waals surface area contributed by atoms with Crippen LogP contribution < -0.4 is 9.64 Å². The maximum absolute atomic E-state index is 12.7. The summed E-state index contributed by atoms with van der Waals surface area (Å²) in [4.78, 5) is 30.6. The molecule has 0 radical (unpaired) electrons. The second-order valence-corrected chi connectivity index (χ2v) is 6.34. The lowest BCUT2D eigenvalue weighted by atomic mass is 10.2. The summed E-state index contributed by atoms with van der Waals surface area (Å²) in [6, 6.07) is 7.62. The number of hydrogen-bond donors (Lipinski definition) is 0. The Morgan fingerprint density at radius 2 is 1.88 bits per heavy atom. The molecule has 0 aliphatic carbocycles. The van der Waals surface area contributed by atoms with Crippen LogP contribution in [0.3, 0.4) is 0 Å². The molecular weight excluding hydrogens is 322 g/mol. The topological polar surface area (TPSA) is 62.3 Å². The summed E-state index contributed by atoms with van der Waals surface area (Å²) >= 11 is 0. The molecule has 0 N–H and O–H groups in total. The van der Waals surface area contributed by atoms with Gasteiger partial charge in [-0.25, -0.2) is 0 Å². The van der Waals surface area contributed by atoms with E-state index in [9.17, 15) is 9.59 Å². The van der Waals surface area contributed by atoms with Gasteiger partial charge in [0, 0.05) is 33.3 Å². The van der Waals surface area contributed by atoms with Crippen LogP contribution in [0.2, 0.25) is 0 Å². The van der Waals surface area contributed by atoms with Crippen molar-refractivity contribution in [2.75, 3.05) is 57.9 Å². The lowest BCUT2D eigenvalue weighted by Gasteiger charge is -2.37. The largest absolute Gasteiger partial charge is 0.490 e. The van der Waals surface area contributed by atoms with Gasteiger partial charge in [0.15, 0.2) is 0 Å². The van der Waals surface area contributed by atoms with Gasteiger partial charge >= 0.3 is 0 Å². The molecule has 25 heavy (non-hydrogen) atoms. The van der Waals surface area contributed by atoms with Gasteiger partial charge in [-0.1, -0.05) is 12.1 Å². The van der Waals surface area contributed by atoms with Crippen LogP contribution in [0.25, 0.3) is 0 Å². The third-order valence-electron chi connectivity index (χ3n) is 4.77. The molecule has 1 saturated heterocycles. The Hall–Kier alpha value is -2.12. The molecule has 136 valence electrons. The number of piperazine rings is 1. The Kier molecular flexibility index (Phi) is 5.55. The van der Waals surface area contributed by atoms with E-state index < -0.39 is 6.10 Å². The van der Waals surface area contributed by atoms with Gasteiger partial charge in [0.05, 0.1) is 18.8 Å². The highest BCUT2D eigenvalue weighted by atomic mass is 16.5. The van der Waals surface area contributed by atoms with Crippen LogP contribution >= 0.6 is 0 Å². The van der Waals surface area contributed by atoms with Crippen LogP contribution in [0, 0.1) is 0 Å². The van der Waals surface area contributed by atoms with Crippen LogP contribution in [0.5, 0.6) is 5.75 Å². The molecule has 7 nitrogen and oxygen atoms in total. The molecule has 2 heterocycles. The minimum absolute atomic E-state index is 0.00980. The maximum atomic E-state index is 12.7. The molecule has 3 rings (SSSR count). The Labute approximate surface area is 148 Å². The van der Waals surface area contributed by atoms with Crippen molar-refractivity contribution in [2.24, 2.45) is 0 Å². The fraction of sp³-hybridized carbons (Fsp3) is 0.556. The van der Waals surface area contributed by atoms with Crippen molar-refractivity contribution < 1.29 is 19.1 Å². The van der Waals surface area contributed by atoms with E-state index in [1.807, 2.05) is 24.3 Å². The zero-order valence-corrected chi connectivity index (χ0v) is 14.8. The summed E-state index contributed by atoms with van der Waals surface area (Å²) in [5.41, 5.74) is 0.835. The maximum Gasteiger partial charge on any atom is 0.251 e. The van der Waals surface area contributed by atoms with Crippen molar-refractivity contribution in [2.45, 2.75) is 13.0 Å². The van der Waals surface area contributed by atoms with E-state index in [1.54, 1.807) is 16.7 Å². The number of anilines is 1. The first kappa shape index (κ1) is 17.7. The minimum atomic E-state index is -0.418. The fourth-order valence-electron chi connectivity index (χ4n) is 3.19. The smallest absolute Gasteiger partial charge is 0.251 e. The second-order valence-electron chi connectivity index (χ2n) is 6.34. The van der Waals surface area contributed by atoms with Crippen molar-refractivity contribution in [3.63, 3.8) is 0 Å². The summed E-state index contributed by atoms with van der Waals surface area (Å²) in [6.45, 7) is 5.84. The third kappa shape index (κ3) is 3.93. The number of rotatable bonds is 4. The summed E-state index contributed by atoms with van der Waals surface area (Å²) in [5, 5.41) is 0. The quantitative estimate of drug-likeness (QED) is 0.798. The number of fused-ring (bicyclic) bond motifs is 1. The minimum Gasteiger partial charge on any atom is -0.490 e. The molecule has 2 aliphatic heterocycles. The van der Waals surface area contributed by atoms with Crippen molar-refractivity contribution in [3.8, 4) is 5.75 Å². The predicted octanol–water partition coefficient (Wildman–Crippen LogP) is 0.591. The lowest BCUT2D eigenvalue weighted by molar-refractivity contribution is -0.142. The highest BCUT2D eigenvalue weighted by Gasteiger charge is 2.28. The van der Waals surface area contributed by atoms with Crippen molar-refractivity contribution in [1.82, 2.24) is 9.80 Å². The van der Waals surface area contributed by atoms with Crippen molar-refractivity contribution in [3.05, 3.63) is 24.3 Å². The number of benzene rings is 1. The second kappa shape index (κ2) is 7.84. The van der Waals surface area contributed by atoms with Gasteiger partial charge in [-0.2, -0.15) is 0 Å². The van der Waals surface area contributed by atoms with Gasteiger partial charge in [0.1, 0.15) is 18.5 Å². The molecule has 1 aromatic carbocycles. The molecule has 1 fully saturated rings. The Balaban J connectivity index is 1.55. The normalized spacial score (nSPS) is 19.1. The monoisotopic (exact) mass is 347 g/mol. The summed E-state index contributed by atoms with van der Waals surface area (Å²) in [7, 11) is 1.54. The Morgan fingerprint density at radius 3 is 2.60 bits per heavy atom. The first-order valence-corrected chi connectivity index (χ1v) is 8.66. The Bertz CT molecular complexity index is 629. The first-order chi connectivity index (χ1) is 12.1. The highest BCUT2D eigenvalue weighted by Crippen LogP contribution is 2.31. The zero-order chi connectivity index (χ0) is 17.8. The van der Waals surface area contributed by atoms with E-state index in [0.717, 1.165) is 11.4 Å². The summed E-state index contributed by atoms with van der Waals surface area (Å²) < 4.78 is 10.7. The summed E-state index contributed by atoms with van der Waals surface area (Å²) in [6.07, 6.45) is -0.418. The van der Waals surface area contributed by atoms with E-state index in [2.05, 4.69) is 4.90 Å². The lowest BCUT2D eigenvalue weighted by Crippen LogP contribution is -2.53. The van der Waals surface area contributed by atoms with Gasteiger partial charge in [-0.15, -0.1) is 0 Å². The number of carbonyl (C=O) groups is 2. The van der Waals surface area contributed by atoms with E-state index in [0.29, 0.717) is 45.9 Å². The standard InChI is InChI=1S/C18H25N3O4/c1-14(24-2)18(23)20-9-7-19(8-10-20)13-17(22)21-11-12-25-16-6-4-3-5-15(16)21/h3-6,14H,7-13H2,1-2H3/t14-/m0/s1. The predicted molar refractivity (Wildman–Crippen MR) is 93.8 cm³/mol. The van der Waals surface area contributed by atoms with E-state index >= 15 is 0 Å². The van der Waals surface area contributed by atoms with E-state index in [-0.39, 0.29) is 11.8 Å². The average Bonchev–Trinajstić information content (AvgIpc) is 2.66. The number of nitrogens with zero attached hydrogens (tertiary/aromatic N) is 3. The number of para-hydroxylation sites is 2. The van der Waals surface area contributed by atoms with E-state index in [1.165, 1.54) is 7.11 Å². The first-order valence-electron chi connectivity index (χ1n) is 8.66. The molecule has 1 atom stereocenters. The molecule has 2 aliphatic rings. The van der Waals surface area contributed by atoms with Crippen LogP contribution in [-0.4, -0.2) is 80.7 Å². The van der Waals surface area contributed by atoms with Gasteiger partial charge in [-0.3, -0.25) is 14.5 Å². The fourth-order valence-corrected chi connectivity index (χ4v) is 3.19. The van der Waals surface area contributed by atoms with Gasteiger partial charge in [-0.05, 0) is 19.1 Å². The molecule has 0 saturated carbocycles. The number of methoxy groups -OCH3 is 1. The number of amides is 2. The molecule has 0 bridgehead atoms. The molecule has 0 aromatic heterocycles. The third-order valence-corrected chi connectivity index (χ3v) is 4.77.